The van der Waals surface area contributed by atoms with Gasteiger partial charge < -0.3 is 15.7 Å². The summed E-state index contributed by atoms with van der Waals surface area (Å²) < 4.78 is 10.8. The van der Waals surface area contributed by atoms with Gasteiger partial charge in [-0.25, -0.2) is 9.59 Å². The largest absolute Gasteiger partial charge is 0.478 e. The molecule has 1 aromatic rings. The number of carbonyl (C=O) groups is 2. The maximum atomic E-state index is 11.5. The molecule has 1 rings (SSSR count). The minimum absolute atomic E-state index is 0.0956. The predicted molar refractivity (Wildman–Crippen MR) is 74.4 cm³/mol. The number of carboxylic acid groups (broad SMARTS) is 1. The summed E-state index contributed by atoms with van der Waals surface area (Å²) in [5.74, 6) is -0.854. The molecule has 2 amide bonds. The second-order valence-corrected chi connectivity index (χ2v) is 5.64. The molecule has 0 spiro atoms. The van der Waals surface area contributed by atoms with Gasteiger partial charge in [0.15, 0.2) is 0 Å². The van der Waals surface area contributed by atoms with Crippen LogP contribution in [-0.4, -0.2) is 39.9 Å². The Kier molecular flexibility index (Phi) is 5.78. The molecule has 0 aliphatic rings. The van der Waals surface area contributed by atoms with E-state index < -0.39 is 22.8 Å². The van der Waals surface area contributed by atoms with Crippen molar-refractivity contribution in [2.75, 3.05) is 23.9 Å². The molecular formula is C11H13ClN2O4S. The van der Waals surface area contributed by atoms with Crippen LogP contribution in [0.2, 0.25) is 5.02 Å². The Labute approximate surface area is 117 Å². The minimum Gasteiger partial charge on any atom is -0.478 e. The molecule has 0 saturated heterocycles. The molecule has 19 heavy (non-hydrogen) atoms. The van der Waals surface area contributed by atoms with E-state index in [9.17, 15) is 13.8 Å². The van der Waals surface area contributed by atoms with E-state index in [0.717, 1.165) is 0 Å². The molecule has 1 aromatic carbocycles. The van der Waals surface area contributed by atoms with Crippen LogP contribution in [0.5, 0.6) is 0 Å². The van der Waals surface area contributed by atoms with E-state index >= 15 is 0 Å². The smallest absolute Gasteiger partial charge is 0.337 e. The normalized spacial score (nSPS) is 11.7. The number of anilines is 1. The SMILES string of the molecule is CS(=O)CCNC(=O)Nc1ccc(Cl)cc1C(=O)O. The maximum Gasteiger partial charge on any atom is 0.337 e. The summed E-state index contributed by atoms with van der Waals surface area (Å²) in [6.45, 7) is 0.241. The molecule has 8 heteroatoms. The topological polar surface area (TPSA) is 95.5 Å². The summed E-state index contributed by atoms with van der Waals surface area (Å²) in [6, 6.07) is 3.57. The fourth-order valence-corrected chi connectivity index (χ4v) is 1.84. The number of benzene rings is 1. The van der Waals surface area contributed by atoms with Gasteiger partial charge in [-0.1, -0.05) is 11.6 Å². The lowest BCUT2D eigenvalue weighted by Gasteiger charge is -2.09. The van der Waals surface area contributed by atoms with Gasteiger partial charge in [-0.15, -0.1) is 0 Å². The molecule has 0 radical (unpaired) electrons. The Morgan fingerprint density at radius 2 is 2.11 bits per heavy atom. The first kappa shape index (κ1) is 15.5. The number of hydrogen-bond acceptors (Lipinski definition) is 3. The third kappa shape index (κ3) is 5.27. The van der Waals surface area contributed by atoms with Crippen LogP contribution in [-0.2, 0) is 10.8 Å². The van der Waals surface area contributed by atoms with Gasteiger partial charge in [0.25, 0.3) is 0 Å². The molecule has 3 N–H and O–H groups in total. The van der Waals surface area contributed by atoms with Gasteiger partial charge >= 0.3 is 12.0 Å². The van der Waals surface area contributed by atoms with Gasteiger partial charge in [0, 0.05) is 34.4 Å². The first-order valence-corrected chi connectivity index (χ1v) is 7.38. The zero-order valence-corrected chi connectivity index (χ0v) is 11.7. The lowest BCUT2D eigenvalue weighted by Crippen LogP contribution is -2.32. The highest BCUT2D eigenvalue weighted by Crippen LogP contribution is 2.20. The van der Waals surface area contributed by atoms with E-state index in [4.69, 9.17) is 16.7 Å². The van der Waals surface area contributed by atoms with Crippen LogP contribution >= 0.6 is 11.6 Å². The van der Waals surface area contributed by atoms with Crippen molar-refractivity contribution in [1.82, 2.24) is 5.32 Å². The fraction of sp³-hybridized carbons (Fsp3) is 0.273. The number of amides is 2. The van der Waals surface area contributed by atoms with Gasteiger partial charge in [-0.2, -0.15) is 0 Å². The summed E-state index contributed by atoms with van der Waals surface area (Å²) in [5.41, 5.74) is 0.0498. The van der Waals surface area contributed by atoms with Gasteiger partial charge in [0.1, 0.15) is 0 Å². The van der Waals surface area contributed by atoms with Crippen molar-refractivity contribution >= 4 is 40.1 Å². The van der Waals surface area contributed by atoms with Crippen molar-refractivity contribution in [1.29, 1.82) is 0 Å². The number of urea groups is 1. The van der Waals surface area contributed by atoms with E-state index in [-0.39, 0.29) is 22.8 Å². The van der Waals surface area contributed by atoms with E-state index in [2.05, 4.69) is 10.6 Å². The molecule has 0 fully saturated rings. The van der Waals surface area contributed by atoms with Crippen LogP contribution in [0, 0.1) is 0 Å². The van der Waals surface area contributed by atoms with E-state index in [1.165, 1.54) is 24.5 Å². The summed E-state index contributed by atoms with van der Waals surface area (Å²) in [6.07, 6.45) is 1.53. The summed E-state index contributed by atoms with van der Waals surface area (Å²) in [7, 11) is -0.997. The Hall–Kier alpha value is -1.60. The highest BCUT2D eigenvalue weighted by Gasteiger charge is 2.12. The third-order valence-electron chi connectivity index (χ3n) is 2.14. The Morgan fingerprint density at radius 1 is 1.42 bits per heavy atom. The van der Waals surface area contributed by atoms with Crippen molar-refractivity contribution in [3.8, 4) is 0 Å². The van der Waals surface area contributed by atoms with Crippen LogP contribution < -0.4 is 10.6 Å². The molecular weight excluding hydrogens is 292 g/mol. The van der Waals surface area contributed by atoms with Gasteiger partial charge in [0.05, 0.1) is 11.3 Å². The zero-order valence-electron chi connectivity index (χ0n) is 10.1. The number of aromatic carboxylic acids is 1. The van der Waals surface area contributed by atoms with Gasteiger partial charge in [-0.3, -0.25) is 4.21 Å². The number of carboxylic acids is 1. The first-order valence-electron chi connectivity index (χ1n) is 5.28. The number of nitrogens with one attached hydrogen (secondary N) is 2. The molecule has 6 nitrogen and oxygen atoms in total. The molecule has 0 aromatic heterocycles. The number of hydrogen-bond donors (Lipinski definition) is 3. The molecule has 0 bridgehead atoms. The summed E-state index contributed by atoms with van der Waals surface area (Å²) in [4.78, 5) is 22.5. The second-order valence-electron chi connectivity index (χ2n) is 3.65. The van der Waals surface area contributed by atoms with Crippen molar-refractivity contribution in [2.45, 2.75) is 0 Å². The molecule has 104 valence electrons. The highest BCUT2D eigenvalue weighted by atomic mass is 35.5. The quantitative estimate of drug-likeness (QED) is 0.769. The lowest BCUT2D eigenvalue weighted by atomic mass is 10.2. The first-order chi connectivity index (χ1) is 8.90. The molecule has 1 unspecified atom stereocenters. The average molecular weight is 305 g/mol. The Balaban J connectivity index is 2.68. The van der Waals surface area contributed by atoms with Crippen LogP contribution in [0.3, 0.4) is 0 Å². The van der Waals surface area contributed by atoms with Crippen molar-refractivity contribution in [2.24, 2.45) is 0 Å². The van der Waals surface area contributed by atoms with E-state index in [1.54, 1.807) is 0 Å². The van der Waals surface area contributed by atoms with Crippen molar-refractivity contribution in [3.63, 3.8) is 0 Å². The molecule has 0 aliphatic heterocycles. The number of halogens is 1. The third-order valence-corrected chi connectivity index (χ3v) is 3.15. The molecule has 0 aliphatic carbocycles. The zero-order chi connectivity index (χ0) is 14.4. The average Bonchev–Trinajstić information content (AvgIpc) is 2.30. The van der Waals surface area contributed by atoms with Crippen molar-refractivity contribution in [3.05, 3.63) is 28.8 Å². The fourth-order valence-electron chi connectivity index (χ4n) is 1.28. The van der Waals surface area contributed by atoms with Crippen LogP contribution in [0.1, 0.15) is 10.4 Å². The van der Waals surface area contributed by atoms with E-state index in [0.29, 0.717) is 5.75 Å². The predicted octanol–water partition coefficient (Wildman–Crippen LogP) is 1.54. The van der Waals surface area contributed by atoms with Gasteiger partial charge in [0.2, 0.25) is 0 Å². The molecule has 0 saturated carbocycles. The minimum atomic E-state index is -1.19. The molecule has 1 atom stereocenters. The summed E-state index contributed by atoms with van der Waals surface area (Å²) in [5, 5.41) is 14.1. The van der Waals surface area contributed by atoms with Crippen LogP contribution in [0.4, 0.5) is 10.5 Å². The van der Waals surface area contributed by atoms with Crippen LogP contribution in [0.15, 0.2) is 18.2 Å². The van der Waals surface area contributed by atoms with Crippen molar-refractivity contribution < 1.29 is 18.9 Å². The van der Waals surface area contributed by atoms with E-state index in [1.807, 2.05) is 0 Å². The second kappa shape index (κ2) is 7.10. The monoisotopic (exact) mass is 304 g/mol. The lowest BCUT2D eigenvalue weighted by molar-refractivity contribution is 0.0698. The summed E-state index contributed by atoms with van der Waals surface area (Å²) >= 11 is 5.69. The Morgan fingerprint density at radius 3 is 2.68 bits per heavy atom. The highest BCUT2D eigenvalue weighted by molar-refractivity contribution is 7.84. The van der Waals surface area contributed by atoms with Gasteiger partial charge in [-0.05, 0) is 18.2 Å². The molecule has 0 heterocycles. The maximum absolute atomic E-state index is 11.5. The van der Waals surface area contributed by atoms with Crippen LogP contribution in [0.25, 0.3) is 0 Å². The number of rotatable bonds is 5. The Bertz CT molecular complexity index is 521. The standard InChI is InChI=1S/C11H13ClN2O4S/c1-19(18)5-4-13-11(17)14-9-3-2-7(12)6-8(9)10(15)16/h2-3,6H,4-5H2,1H3,(H,15,16)(H2,13,14,17). The number of carbonyl (C=O) groups excluding carboxylic acids is 1.